The van der Waals surface area contributed by atoms with Crippen LogP contribution in [0.1, 0.15) is 42.0 Å². The van der Waals surface area contributed by atoms with Gasteiger partial charge in [-0.3, -0.25) is 9.69 Å². The highest BCUT2D eigenvalue weighted by Gasteiger charge is 2.22. The Bertz CT molecular complexity index is 1340. The predicted molar refractivity (Wildman–Crippen MR) is 132 cm³/mol. The van der Waals surface area contributed by atoms with Crippen LogP contribution in [0, 0.1) is 0 Å². The number of furan rings is 1. The topological polar surface area (TPSA) is 94.7 Å². The van der Waals surface area contributed by atoms with Crippen LogP contribution >= 0.6 is 0 Å². The Morgan fingerprint density at radius 3 is 2.66 bits per heavy atom. The maximum absolute atomic E-state index is 13.5. The number of nitrogens with zero attached hydrogens (tertiary/aromatic N) is 4. The van der Waals surface area contributed by atoms with Crippen molar-refractivity contribution in [2.75, 3.05) is 33.9 Å². The van der Waals surface area contributed by atoms with Crippen molar-refractivity contribution in [1.29, 1.82) is 0 Å². The van der Waals surface area contributed by atoms with Crippen LogP contribution in [0.15, 0.2) is 53.3 Å². The lowest BCUT2D eigenvalue weighted by Gasteiger charge is -2.22. The number of hydrogen-bond acceptors (Lipinski definition) is 7. The second-order valence-corrected chi connectivity index (χ2v) is 9.04. The summed E-state index contributed by atoms with van der Waals surface area (Å²) in [6.07, 6.45) is 3.35. The van der Waals surface area contributed by atoms with Gasteiger partial charge in [0.05, 0.1) is 35.1 Å². The van der Waals surface area contributed by atoms with Crippen molar-refractivity contribution in [3.8, 4) is 22.8 Å². The van der Waals surface area contributed by atoms with E-state index in [1.807, 2.05) is 73.9 Å². The molecular formula is C26H29N5O4. The first-order valence-corrected chi connectivity index (χ1v) is 11.7. The van der Waals surface area contributed by atoms with E-state index in [4.69, 9.17) is 18.9 Å². The zero-order chi connectivity index (χ0) is 24.5. The summed E-state index contributed by atoms with van der Waals surface area (Å²) in [5.74, 6) is 1.97. The molecule has 0 saturated heterocycles. The van der Waals surface area contributed by atoms with Crippen LogP contribution in [0.25, 0.3) is 22.3 Å². The molecule has 1 aliphatic rings. The molecule has 0 aliphatic carbocycles. The number of carbonyl (C=O) groups is 1. The van der Waals surface area contributed by atoms with E-state index in [1.165, 1.54) is 0 Å². The van der Waals surface area contributed by atoms with E-state index in [2.05, 4.69) is 10.4 Å². The number of aromatic nitrogens is 3. The van der Waals surface area contributed by atoms with E-state index in [0.29, 0.717) is 53.5 Å². The second kappa shape index (κ2) is 9.42. The third-order valence-electron chi connectivity index (χ3n) is 6.09. The number of fused-ring (bicyclic) bond motifs is 2. The fourth-order valence-corrected chi connectivity index (χ4v) is 4.24. The summed E-state index contributed by atoms with van der Waals surface area (Å²) in [7, 11) is 3.91. The summed E-state index contributed by atoms with van der Waals surface area (Å²) in [5, 5.41) is 8.30. The Labute approximate surface area is 203 Å². The normalized spacial score (nSPS) is 14.0. The van der Waals surface area contributed by atoms with E-state index in [1.54, 1.807) is 12.5 Å². The van der Waals surface area contributed by atoms with Crippen molar-refractivity contribution in [2.45, 2.75) is 25.9 Å². The Kier molecular flexibility index (Phi) is 6.17. The number of nitrogens with one attached hydrogen (secondary N) is 1. The fourth-order valence-electron chi connectivity index (χ4n) is 4.24. The van der Waals surface area contributed by atoms with Crippen molar-refractivity contribution >= 4 is 16.9 Å². The summed E-state index contributed by atoms with van der Waals surface area (Å²) in [5.41, 5.74) is 2.68. The van der Waals surface area contributed by atoms with E-state index in [-0.39, 0.29) is 18.0 Å². The van der Waals surface area contributed by atoms with Gasteiger partial charge in [0.25, 0.3) is 5.91 Å². The molecule has 1 atom stereocenters. The molecule has 5 rings (SSSR count). The largest absolute Gasteiger partial charge is 0.486 e. The van der Waals surface area contributed by atoms with Gasteiger partial charge in [0, 0.05) is 18.2 Å². The van der Waals surface area contributed by atoms with Crippen molar-refractivity contribution in [3.63, 3.8) is 0 Å². The molecule has 0 spiro atoms. The molecule has 1 N–H and O–H groups in total. The van der Waals surface area contributed by atoms with Gasteiger partial charge >= 0.3 is 0 Å². The van der Waals surface area contributed by atoms with Crippen LogP contribution in [0.4, 0.5) is 0 Å². The van der Waals surface area contributed by atoms with Crippen molar-refractivity contribution < 1.29 is 18.7 Å². The Balaban J connectivity index is 1.52. The van der Waals surface area contributed by atoms with E-state index in [9.17, 15) is 4.79 Å². The number of hydrogen-bond donors (Lipinski definition) is 1. The van der Waals surface area contributed by atoms with Crippen LogP contribution < -0.4 is 14.8 Å². The molecule has 182 valence electrons. The molecule has 1 aromatic carbocycles. The quantitative estimate of drug-likeness (QED) is 0.430. The van der Waals surface area contributed by atoms with Crippen LogP contribution in [0.3, 0.4) is 0 Å². The minimum absolute atomic E-state index is 0.0866. The fraction of sp³-hybridized carbons (Fsp3) is 0.346. The van der Waals surface area contributed by atoms with Crippen LogP contribution in [0.2, 0.25) is 0 Å². The van der Waals surface area contributed by atoms with Gasteiger partial charge in [-0.2, -0.15) is 5.10 Å². The first-order valence-electron chi connectivity index (χ1n) is 11.7. The van der Waals surface area contributed by atoms with Gasteiger partial charge in [0.1, 0.15) is 19.0 Å². The molecule has 9 nitrogen and oxygen atoms in total. The van der Waals surface area contributed by atoms with Gasteiger partial charge in [0.2, 0.25) is 0 Å². The first kappa shape index (κ1) is 22.9. The number of ether oxygens (including phenoxy) is 2. The third kappa shape index (κ3) is 4.46. The standard InChI is InChI=1S/C26H29N5O4/c1-16(2)31-25-19(14-28-31)18(26(32)27-15-21(30(3)4)22-6-5-9-33-22)13-20(29-25)17-7-8-23-24(12-17)35-11-10-34-23/h5-9,12-14,16,21H,10-11,15H2,1-4H3,(H,27,32). The average molecular weight is 476 g/mol. The maximum Gasteiger partial charge on any atom is 0.252 e. The van der Waals surface area contributed by atoms with Gasteiger partial charge in [-0.15, -0.1) is 0 Å². The van der Waals surface area contributed by atoms with Crippen LogP contribution in [-0.2, 0) is 0 Å². The number of benzene rings is 1. The number of amides is 1. The average Bonchev–Trinajstić information content (AvgIpc) is 3.53. The Morgan fingerprint density at radius 1 is 1.14 bits per heavy atom. The number of likely N-dealkylation sites (N-methyl/N-ethyl adjacent to an activating group) is 1. The SMILES string of the molecule is CC(C)n1ncc2c(C(=O)NCC(c3ccco3)N(C)C)cc(-c3ccc4c(c3)OCCO4)nc21. The summed E-state index contributed by atoms with van der Waals surface area (Å²) >= 11 is 0. The predicted octanol–water partition coefficient (Wildman–Crippen LogP) is 4.08. The molecule has 0 saturated carbocycles. The molecule has 35 heavy (non-hydrogen) atoms. The minimum atomic E-state index is -0.196. The lowest BCUT2D eigenvalue weighted by atomic mass is 10.1. The lowest BCUT2D eigenvalue weighted by molar-refractivity contribution is 0.0940. The zero-order valence-corrected chi connectivity index (χ0v) is 20.3. The summed E-state index contributed by atoms with van der Waals surface area (Å²) in [6, 6.07) is 11.3. The molecule has 1 amide bonds. The Hall–Kier alpha value is -3.85. The first-order chi connectivity index (χ1) is 16.9. The smallest absolute Gasteiger partial charge is 0.252 e. The van der Waals surface area contributed by atoms with E-state index >= 15 is 0 Å². The van der Waals surface area contributed by atoms with Crippen molar-refractivity contribution in [1.82, 2.24) is 25.0 Å². The minimum Gasteiger partial charge on any atom is -0.486 e. The van der Waals surface area contributed by atoms with E-state index in [0.717, 1.165) is 11.3 Å². The second-order valence-electron chi connectivity index (χ2n) is 9.04. The van der Waals surface area contributed by atoms with Crippen LogP contribution in [0.5, 0.6) is 11.5 Å². The molecule has 4 heterocycles. The molecule has 3 aromatic heterocycles. The molecule has 1 unspecified atom stereocenters. The highest BCUT2D eigenvalue weighted by molar-refractivity contribution is 6.06. The molecule has 0 bridgehead atoms. The van der Waals surface area contributed by atoms with Gasteiger partial charge in [-0.05, 0) is 64.3 Å². The van der Waals surface area contributed by atoms with Gasteiger partial charge in [-0.25, -0.2) is 9.67 Å². The molecule has 4 aromatic rings. The zero-order valence-electron chi connectivity index (χ0n) is 20.3. The summed E-state index contributed by atoms with van der Waals surface area (Å²) in [4.78, 5) is 20.4. The van der Waals surface area contributed by atoms with E-state index < -0.39 is 0 Å². The Morgan fingerprint density at radius 2 is 1.94 bits per heavy atom. The molecule has 1 aliphatic heterocycles. The molecular weight excluding hydrogens is 446 g/mol. The van der Waals surface area contributed by atoms with Crippen molar-refractivity contribution in [2.24, 2.45) is 0 Å². The van der Waals surface area contributed by atoms with Gasteiger partial charge < -0.3 is 19.2 Å². The van der Waals surface area contributed by atoms with Crippen molar-refractivity contribution in [3.05, 3.63) is 60.2 Å². The third-order valence-corrected chi connectivity index (χ3v) is 6.09. The van der Waals surface area contributed by atoms with Gasteiger partial charge in [-0.1, -0.05) is 0 Å². The highest BCUT2D eigenvalue weighted by atomic mass is 16.6. The monoisotopic (exact) mass is 475 g/mol. The summed E-state index contributed by atoms with van der Waals surface area (Å²) in [6.45, 7) is 5.49. The number of pyridine rings is 1. The molecule has 9 heteroatoms. The number of carbonyl (C=O) groups excluding carboxylic acids is 1. The molecule has 0 fully saturated rings. The highest BCUT2D eigenvalue weighted by Crippen LogP contribution is 2.35. The maximum atomic E-state index is 13.5. The molecule has 0 radical (unpaired) electrons. The lowest BCUT2D eigenvalue weighted by Crippen LogP contribution is -2.34. The summed E-state index contributed by atoms with van der Waals surface area (Å²) < 4.78 is 18.8. The number of rotatable bonds is 7. The van der Waals surface area contributed by atoms with Crippen LogP contribution in [-0.4, -0.2) is 59.4 Å². The van der Waals surface area contributed by atoms with Gasteiger partial charge in [0.15, 0.2) is 17.1 Å².